The Kier molecular flexibility index (Phi) is 4.42. The number of hydrogen-bond donors (Lipinski definition) is 2. The highest BCUT2D eigenvalue weighted by Crippen LogP contribution is 2.09. The van der Waals surface area contributed by atoms with Crippen molar-refractivity contribution in [3.8, 4) is 0 Å². The maximum atomic E-state index is 12.0. The molecule has 0 saturated heterocycles. The molecule has 0 fully saturated rings. The summed E-state index contributed by atoms with van der Waals surface area (Å²) in [5.74, 6) is 0.301. The Balaban J connectivity index is 2.62. The van der Waals surface area contributed by atoms with Crippen LogP contribution in [0.5, 0.6) is 0 Å². The molecule has 0 aromatic carbocycles. The van der Waals surface area contributed by atoms with Gasteiger partial charge in [-0.25, -0.2) is 4.98 Å². The summed E-state index contributed by atoms with van der Waals surface area (Å²) < 4.78 is 0. The van der Waals surface area contributed by atoms with Gasteiger partial charge in [-0.15, -0.1) is 0 Å². The van der Waals surface area contributed by atoms with Crippen molar-refractivity contribution in [2.45, 2.75) is 19.9 Å². The monoisotopic (exact) mass is 240 g/mol. The van der Waals surface area contributed by atoms with E-state index in [-0.39, 0.29) is 16.8 Å². The third kappa shape index (κ3) is 3.03. The molecule has 1 aromatic heterocycles. The van der Waals surface area contributed by atoms with Crippen LogP contribution >= 0.6 is 12.2 Å². The van der Waals surface area contributed by atoms with E-state index in [4.69, 9.17) is 18.0 Å². The first kappa shape index (κ1) is 12.6. The lowest BCUT2D eigenvalue weighted by Crippen LogP contribution is -2.38. The summed E-state index contributed by atoms with van der Waals surface area (Å²) in [5.41, 5.74) is 5.52. The van der Waals surface area contributed by atoms with Crippen molar-refractivity contribution >= 4 is 23.1 Å². The van der Waals surface area contributed by atoms with Crippen molar-refractivity contribution in [2.24, 2.45) is 11.7 Å². The molecule has 1 atom stereocenters. The van der Waals surface area contributed by atoms with Crippen LogP contribution < -0.4 is 5.73 Å². The predicted octanol–water partition coefficient (Wildman–Crippen LogP) is 0.680. The average Bonchev–Trinajstić information content (AvgIpc) is 2.70. The first-order valence-corrected chi connectivity index (χ1v) is 5.49. The summed E-state index contributed by atoms with van der Waals surface area (Å²) >= 11 is 4.87. The van der Waals surface area contributed by atoms with E-state index in [0.29, 0.717) is 13.0 Å². The van der Waals surface area contributed by atoms with Gasteiger partial charge in [0.05, 0.1) is 17.5 Å². The number of hydrogen-bond acceptors (Lipinski definition) is 3. The van der Waals surface area contributed by atoms with E-state index >= 15 is 0 Å². The van der Waals surface area contributed by atoms with Crippen molar-refractivity contribution in [3.05, 3.63) is 18.2 Å². The van der Waals surface area contributed by atoms with Crippen LogP contribution in [0.1, 0.15) is 19.2 Å². The number of rotatable bonds is 5. The molecule has 0 radical (unpaired) electrons. The molecule has 0 aliphatic heterocycles. The van der Waals surface area contributed by atoms with E-state index in [1.807, 2.05) is 6.92 Å². The second kappa shape index (κ2) is 5.60. The van der Waals surface area contributed by atoms with Crippen LogP contribution in [0.4, 0.5) is 0 Å². The number of aromatic amines is 1. The first-order chi connectivity index (χ1) is 7.56. The number of nitrogens with zero attached hydrogens (tertiary/aromatic N) is 2. The smallest absolute Gasteiger partial charge is 0.232 e. The van der Waals surface area contributed by atoms with E-state index < -0.39 is 0 Å². The SMILES string of the molecule is CCC(C(=O)N(C)Cc1ncc[nH]1)C(N)=S. The van der Waals surface area contributed by atoms with E-state index in [1.165, 1.54) is 0 Å². The molecule has 88 valence electrons. The number of H-pyrrole nitrogens is 1. The fourth-order valence-electron chi connectivity index (χ4n) is 1.45. The second-order valence-electron chi connectivity index (χ2n) is 3.59. The fourth-order valence-corrected chi connectivity index (χ4v) is 1.72. The number of nitrogens with two attached hydrogens (primary N) is 1. The van der Waals surface area contributed by atoms with Gasteiger partial charge in [-0.2, -0.15) is 0 Å². The highest BCUT2D eigenvalue weighted by molar-refractivity contribution is 7.80. The molecule has 6 heteroatoms. The summed E-state index contributed by atoms with van der Waals surface area (Å²) in [5, 5.41) is 0. The molecule has 0 bridgehead atoms. The molecular formula is C10H16N4OS. The van der Waals surface area contributed by atoms with Crippen LogP contribution in [0.25, 0.3) is 0 Å². The van der Waals surface area contributed by atoms with E-state index in [2.05, 4.69) is 9.97 Å². The summed E-state index contributed by atoms with van der Waals surface area (Å²) in [6, 6.07) is 0. The predicted molar refractivity (Wildman–Crippen MR) is 65.6 cm³/mol. The maximum absolute atomic E-state index is 12.0. The van der Waals surface area contributed by atoms with Crippen molar-refractivity contribution in [2.75, 3.05) is 7.05 Å². The van der Waals surface area contributed by atoms with Gasteiger partial charge in [-0.1, -0.05) is 19.1 Å². The van der Waals surface area contributed by atoms with Crippen LogP contribution in [0.15, 0.2) is 12.4 Å². The summed E-state index contributed by atoms with van der Waals surface area (Å²) in [6.07, 6.45) is 3.99. The summed E-state index contributed by atoms with van der Waals surface area (Å²) in [4.78, 5) is 20.8. The van der Waals surface area contributed by atoms with Crippen LogP contribution in [0.3, 0.4) is 0 Å². The Bertz CT molecular complexity index is 363. The van der Waals surface area contributed by atoms with Gasteiger partial charge >= 0.3 is 0 Å². The third-order valence-electron chi connectivity index (χ3n) is 2.37. The standard InChI is InChI=1S/C10H16N4OS/c1-3-7(9(11)16)10(15)14(2)6-8-12-4-5-13-8/h4-5,7H,3,6H2,1-2H3,(H2,11,16)(H,12,13). The lowest BCUT2D eigenvalue weighted by atomic mass is 10.1. The number of amides is 1. The third-order valence-corrected chi connectivity index (χ3v) is 2.65. The molecule has 5 nitrogen and oxygen atoms in total. The number of nitrogens with one attached hydrogen (secondary N) is 1. The van der Waals surface area contributed by atoms with Crippen LogP contribution in [0.2, 0.25) is 0 Å². The highest BCUT2D eigenvalue weighted by Gasteiger charge is 2.23. The minimum absolute atomic E-state index is 0.0635. The first-order valence-electron chi connectivity index (χ1n) is 5.08. The Labute approximate surface area is 100 Å². The van der Waals surface area contributed by atoms with Crippen molar-refractivity contribution < 1.29 is 4.79 Å². The molecule has 1 unspecified atom stereocenters. The number of carbonyl (C=O) groups is 1. The molecule has 1 heterocycles. The van der Waals surface area contributed by atoms with E-state index in [9.17, 15) is 4.79 Å². The van der Waals surface area contributed by atoms with Crippen molar-refractivity contribution in [1.82, 2.24) is 14.9 Å². The van der Waals surface area contributed by atoms with E-state index in [0.717, 1.165) is 5.82 Å². The van der Waals surface area contributed by atoms with Gasteiger partial charge in [-0.3, -0.25) is 4.79 Å². The topological polar surface area (TPSA) is 75.0 Å². The number of thiocarbonyl (C=S) groups is 1. The molecule has 1 amide bonds. The zero-order chi connectivity index (χ0) is 12.1. The minimum atomic E-state index is -0.380. The molecule has 0 saturated carbocycles. The lowest BCUT2D eigenvalue weighted by molar-refractivity contribution is -0.132. The van der Waals surface area contributed by atoms with Crippen LogP contribution in [-0.4, -0.2) is 32.8 Å². The quantitative estimate of drug-likeness (QED) is 0.742. The van der Waals surface area contributed by atoms with E-state index in [1.54, 1.807) is 24.3 Å². The van der Waals surface area contributed by atoms with Gasteiger partial charge in [-0.05, 0) is 6.42 Å². The molecular weight excluding hydrogens is 224 g/mol. The molecule has 3 N–H and O–H groups in total. The summed E-state index contributed by atoms with van der Waals surface area (Å²) in [6.45, 7) is 2.33. The molecule has 0 aliphatic carbocycles. The van der Waals surface area contributed by atoms with Gasteiger partial charge < -0.3 is 15.6 Å². The molecule has 0 aliphatic rings. The number of carbonyl (C=O) groups excluding carboxylic acids is 1. The molecule has 1 aromatic rings. The van der Waals surface area contributed by atoms with Crippen LogP contribution in [0, 0.1) is 5.92 Å². The molecule has 1 rings (SSSR count). The van der Waals surface area contributed by atoms with Gasteiger partial charge in [0, 0.05) is 19.4 Å². The average molecular weight is 240 g/mol. The fraction of sp³-hybridized carbons (Fsp3) is 0.500. The van der Waals surface area contributed by atoms with Gasteiger partial charge in [0.1, 0.15) is 5.82 Å². The second-order valence-corrected chi connectivity index (χ2v) is 4.06. The van der Waals surface area contributed by atoms with Gasteiger partial charge in [0.2, 0.25) is 5.91 Å². The lowest BCUT2D eigenvalue weighted by Gasteiger charge is -2.21. The van der Waals surface area contributed by atoms with Crippen molar-refractivity contribution in [3.63, 3.8) is 0 Å². The Morgan fingerprint density at radius 2 is 2.44 bits per heavy atom. The highest BCUT2D eigenvalue weighted by atomic mass is 32.1. The van der Waals surface area contributed by atoms with Crippen LogP contribution in [-0.2, 0) is 11.3 Å². The maximum Gasteiger partial charge on any atom is 0.232 e. The molecule has 0 spiro atoms. The Hall–Kier alpha value is -1.43. The van der Waals surface area contributed by atoms with Crippen molar-refractivity contribution in [1.29, 1.82) is 0 Å². The van der Waals surface area contributed by atoms with Gasteiger partial charge in [0.25, 0.3) is 0 Å². The Morgan fingerprint density at radius 1 is 1.75 bits per heavy atom. The number of aromatic nitrogens is 2. The zero-order valence-corrected chi connectivity index (χ0v) is 10.3. The number of imidazole rings is 1. The van der Waals surface area contributed by atoms with Gasteiger partial charge in [0.15, 0.2) is 0 Å². The largest absolute Gasteiger partial charge is 0.393 e. The minimum Gasteiger partial charge on any atom is -0.393 e. The zero-order valence-electron chi connectivity index (χ0n) is 9.43. The Morgan fingerprint density at radius 3 is 2.88 bits per heavy atom. The molecule has 16 heavy (non-hydrogen) atoms. The summed E-state index contributed by atoms with van der Waals surface area (Å²) in [7, 11) is 1.71. The normalized spacial score (nSPS) is 12.1.